The van der Waals surface area contributed by atoms with E-state index in [1.54, 1.807) is 0 Å². The number of aliphatic hydroxyl groups is 4. The number of ketones is 1. The van der Waals surface area contributed by atoms with Gasteiger partial charge in [-0.1, -0.05) is 13.3 Å². The molecule has 0 aromatic heterocycles. The first-order valence-electron chi connectivity index (χ1n) is 6.54. The van der Waals surface area contributed by atoms with Crippen LogP contribution in [0.4, 0.5) is 0 Å². The molecule has 0 aromatic rings. The minimum Gasteiger partial charge on any atom is -0.394 e. The van der Waals surface area contributed by atoms with Gasteiger partial charge in [-0.25, -0.2) is 0 Å². The summed E-state index contributed by atoms with van der Waals surface area (Å²) in [6, 6.07) is -1.49. The number of ether oxygens (including phenoxy) is 1. The van der Waals surface area contributed by atoms with Crippen molar-refractivity contribution in [2.45, 2.75) is 56.3 Å². The van der Waals surface area contributed by atoms with Gasteiger partial charge in [-0.15, -0.1) is 0 Å². The molecule has 0 amide bonds. The zero-order chi connectivity index (χ0) is 14.6. The van der Waals surface area contributed by atoms with E-state index < -0.39 is 42.5 Å². The maximum absolute atomic E-state index is 11.9. The average molecular weight is 264 g/mol. The van der Waals surface area contributed by atoms with Gasteiger partial charge in [-0.2, -0.15) is 0 Å². The third kappa shape index (κ3) is 2.71. The van der Waals surface area contributed by atoms with E-state index in [-0.39, 0.29) is 13.3 Å². The monoisotopic (exact) mass is 264 g/mol. The van der Waals surface area contributed by atoms with E-state index in [0.717, 1.165) is 0 Å². The van der Waals surface area contributed by atoms with Crippen LogP contribution in [0.25, 0.3) is 0 Å². The lowest BCUT2D eigenvalue weighted by molar-refractivity contribution is -0.297. The highest BCUT2D eigenvalue weighted by molar-refractivity contribution is 5.86. The first-order chi connectivity index (χ1) is 8.88. The van der Waals surface area contributed by atoms with E-state index in [9.17, 15) is 20.1 Å². The number of rotatable bonds is 5. The molecule has 0 saturated carbocycles. The maximum atomic E-state index is 11.9. The van der Waals surface area contributed by atoms with E-state index in [0.29, 0.717) is 12.8 Å². The van der Waals surface area contributed by atoms with Gasteiger partial charge in [0.25, 0.3) is 0 Å². The second-order valence-corrected chi connectivity index (χ2v) is 4.42. The van der Waals surface area contributed by atoms with Gasteiger partial charge >= 0.3 is 0 Å². The third-order valence-corrected chi connectivity index (χ3v) is 3.11. The maximum Gasteiger partial charge on any atom is 0.245 e. The summed E-state index contributed by atoms with van der Waals surface area (Å²) in [6.45, 7) is -0.494. The van der Waals surface area contributed by atoms with E-state index in [1.807, 2.05) is 0 Å². The molecule has 1 aliphatic rings. The molecule has 6 N–H and O–H groups in total. The molecule has 106 valence electrons. The highest BCUT2D eigenvalue weighted by Gasteiger charge is 2.55. The zero-order valence-electron chi connectivity index (χ0n) is 11.0. The van der Waals surface area contributed by atoms with E-state index in [1.165, 1.54) is 0 Å². The van der Waals surface area contributed by atoms with Gasteiger partial charge in [0.1, 0.15) is 18.3 Å². The lowest BCUT2D eigenvalue weighted by Crippen LogP contribution is -2.71. The Morgan fingerprint density at radius 3 is 2.72 bits per heavy atom. The summed E-state index contributed by atoms with van der Waals surface area (Å²) >= 11 is 0. The second kappa shape index (κ2) is 6.05. The first-order valence-corrected chi connectivity index (χ1v) is 5.83. The van der Waals surface area contributed by atoms with Gasteiger partial charge in [-0.3, -0.25) is 4.79 Å². The number of Topliss-reactive ketones (excluding diaryl/α,β-unsaturated/α-hetero) is 1. The predicted molar refractivity (Wildman–Crippen MR) is 61.4 cm³/mol. The van der Waals surface area contributed by atoms with Crippen LogP contribution >= 0.6 is 0 Å². The Bertz CT molecular complexity index is 316. The summed E-state index contributed by atoms with van der Waals surface area (Å²) in [6.07, 6.45) is -3.49. The van der Waals surface area contributed by atoms with Gasteiger partial charge in [-0.05, 0) is 6.42 Å². The molecular formula is C11H21NO6. The molecule has 1 unspecified atom stereocenters. The molecule has 0 spiro atoms. The van der Waals surface area contributed by atoms with Crippen molar-refractivity contribution in [3.63, 3.8) is 0 Å². The summed E-state index contributed by atoms with van der Waals surface area (Å²) in [5.74, 6) is -3.15. The minimum absolute atomic E-state index is 0.0515. The molecule has 7 heteroatoms. The summed E-state index contributed by atoms with van der Waals surface area (Å²) < 4.78 is 11.9. The van der Waals surface area contributed by atoms with E-state index in [2.05, 4.69) is 0 Å². The molecule has 0 aromatic carbocycles. The minimum atomic E-state index is -2.42. The molecule has 1 heterocycles. The van der Waals surface area contributed by atoms with Crippen molar-refractivity contribution in [3.05, 3.63) is 0 Å². The largest absolute Gasteiger partial charge is 0.394 e. The van der Waals surface area contributed by atoms with E-state index >= 15 is 0 Å². The van der Waals surface area contributed by atoms with Gasteiger partial charge in [0, 0.05) is 7.79 Å². The van der Waals surface area contributed by atoms with Crippen LogP contribution < -0.4 is 5.73 Å². The lowest BCUT2D eigenvalue weighted by Gasteiger charge is -2.45. The van der Waals surface area contributed by atoms with Crippen molar-refractivity contribution >= 4 is 5.78 Å². The molecule has 1 aliphatic heterocycles. The molecule has 0 bridgehead atoms. The SMILES string of the molecule is [2H]CCCCC(=O)C1(O)O[C@H](CO)[C@@H](O)[C@H](O)[C@@H]1N. The lowest BCUT2D eigenvalue weighted by atomic mass is 9.87. The van der Waals surface area contributed by atoms with Crippen molar-refractivity contribution in [1.82, 2.24) is 0 Å². The molecule has 5 atom stereocenters. The summed E-state index contributed by atoms with van der Waals surface area (Å²) in [5, 5.41) is 38.5. The van der Waals surface area contributed by atoms with Gasteiger partial charge in [0.05, 0.1) is 12.6 Å². The number of unbranched alkanes of at least 4 members (excludes halogenated alkanes) is 1. The number of carbonyl (C=O) groups excluding carboxylic acids is 1. The van der Waals surface area contributed by atoms with Crippen molar-refractivity contribution < 1.29 is 31.3 Å². The molecule has 7 nitrogen and oxygen atoms in total. The highest BCUT2D eigenvalue weighted by Crippen LogP contribution is 2.29. The molecule has 1 rings (SSSR count). The number of hydrogen-bond acceptors (Lipinski definition) is 7. The Balaban J connectivity index is 2.79. The number of carbonyl (C=O) groups is 1. The van der Waals surface area contributed by atoms with Crippen LogP contribution in [0.1, 0.15) is 27.5 Å². The Morgan fingerprint density at radius 1 is 1.50 bits per heavy atom. The van der Waals surface area contributed by atoms with Crippen LogP contribution in [0.15, 0.2) is 0 Å². The summed E-state index contributed by atoms with van der Waals surface area (Å²) in [5.41, 5.74) is 5.54. The molecular weight excluding hydrogens is 242 g/mol. The Morgan fingerprint density at radius 2 is 2.17 bits per heavy atom. The Kier molecular flexibility index (Phi) is 4.66. The van der Waals surface area contributed by atoms with Crippen LogP contribution in [-0.2, 0) is 9.53 Å². The smallest absolute Gasteiger partial charge is 0.245 e. The molecule has 18 heavy (non-hydrogen) atoms. The van der Waals surface area contributed by atoms with Gasteiger partial charge in [0.2, 0.25) is 5.79 Å². The first kappa shape index (κ1) is 13.9. The van der Waals surface area contributed by atoms with E-state index in [4.69, 9.17) is 16.9 Å². The molecule has 0 aliphatic carbocycles. The Hall–Kier alpha value is -0.570. The zero-order valence-corrected chi connectivity index (χ0v) is 10.0. The highest BCUT2D eigenvalue weighted by atomic mass is 16.7. The molecule has 1 saturated heterocycles. The topological polar surface area (TPSA) is 133 Å². The quantitative estimate of drug-likeness (QED) is 0.358. The van der Waals surface area contributed by atoms with Crippen LogP contribution in [0.2, 0.25) is 0 Å². The van der Waals surface area contributed by atoms with Crippen LogP contribution in [0.5, 0.6) is 0 Å². The fourth-order valence-corrected chi connectivity index (χ4v) is 1.90. The predicted octanol–water partition coefficient (Wildman–Crippen LogP) is -2.13. The second-order valence-electron chi connectivity index (χ2n) is 4.42. The van der Waals surface area contributed by atoms with Crippen LogP contribution in [0.3, 0.4) is 0 Å². The Labute approximate surface area is 107 Å². The van der Waals surface area contributed by atoms with Crippen molar-refractivity contribution in [2.75, 3.05) is 6.61 Å². The standard InChI is InChI=1S/C11H21NO6/c1-2-3-4-7(14)11(17)10(12)9(16)8(15)6(5-13)18-11/h6,8-10,13,15-17H,2-5,12H2,1H3/t6-,8-,9+,10+,11?/m1/s1/i1D. The average Bonchev–Trinajstić information content (AvgIpc) is 2.40. The normalized spacial score (nSPS) is 41.5. The molecule has 0 radical (unpaired) electrons. The number of nitrogens with two attached hydrogens (primary N) is 1. The summed E-state index contributed by atoms with van der Waals surface area (Å²) in [4.78, 5) is 11.9. The summed E-state index contributed by atoms with van der Waals surface area (Å²) in [7, 11) is 0. The fraction of sp³-hybridized carbons (Fsp3) is 0.909. The van der Waals surface area contributed by atoms with Gasteiger partial charge in [0.15, 0.2) is 5.78 Å². The van der Waals surface area contributed by atoms with Crippen LogP contribution in [0, 0.1) is 0 Å². The van der Waals surface area contributed by atoms with Gasteiger partial charge < -0.3 is 30.9 Å². The fourth-order valence-electron chi connectivity index (χ4n) is 1.90. The van der Waals surface area contributed by atoms with Crippen molar-refractivity contribution in [1.29, 1.82) is 0 Å². The van der Waals surface area contributed by atoms with Crippen molar-refractivity contribution in [2.24, 2.45) is 5.73 Å². The number of hydrogen-bond donors (Lipinski definition) is 5. The molecule has 1 fully saturated rings. The van der Waals surface area contributed by atoms with Crippen LogP contribution in [-0.4, -0.2) is 63.0 Å². The number of aliphatic hydroxyl groups excluding tert-OH is 3. The van der Waals surface area contributed by atoms with Crippen molar-refractivity contribution in [3.8, 4) is 0 Å². The third-order valence-electron chi connectivity index (χ3n) is 3.11.